The second-order valence-electron chi connectivity index (χ2n) is 11.8. The Bertz CT molecular complexity index is 1200. The van der Waals surface area contributed by atoms with Crippen LogP contribution in [0.4, 0.5) is 0 Å². The Balaban J connectivity index is 1.37. The molecule has 1 aromatic carbocycles. The van der Waals surface area contributed by atoms with E-state index in [1.807, 2.05) is 54.6 Å². The van der Waals surface area contributed by atoms with Gasteiger partial charge in [0.15, 0.2) is 0 Å². The molecule has 0 radical (unpaired) electrons. The average molecular weight is 580 g/mol. The molecule has 1 N–H and O–H groups in total. The van der Waals surface area contributed by atoms with E-state index in [0.717, 1.165) is 37.9 Å². The van der Waals surface area contributed by atoms with Crippen molar-refractivity contribution in [3.05, 3.63) is 60.2 Å². The molecule has 0 aliphatic carbocycles. The quantitative estimate of drug-likeness (QED) is 0.379. The van der Waals surface area contributed by atoms with Crippen LogP contribution in [-0.4, -0.2) is 121 Å². The number of rotatable bonds is 7. The van der Waals surface area contributed by atoms with Gasteiger partial charge in [-0.2, -0.15) is 0 Å². The van der Waals surface area contributed by atoms with Gasteiger partial charge in [-0.15, -0.1) is 0 Å². The van der Waals surface area contributed by atoms with Gasteiger partial charge in [-0.05, 0) is 31.2 Å². The van der Waals surface area contributed by atoms with Crippen LogP contribution in [0.5, 0.6) is 0 Å². The van der Waals surface area contributed by atoms with Gasteiger partial charge in [-0.25, -0.2) is 0 Å². The third kappa shape index (κ3) is 5.41. The molecule has 0 saturated carbocycles. The summed E-state index contributed by atoms with van der Waals surface area (Å²) in [6.45, 7) is 4.46. The number of morpholine rings is 1. The minimum Gasteiger partial charge on any atom is -0.465 e. The molecule has 1 aromatic rings. The zero-order valence-electron chi connectivity index (χ0n) is 24.0. The zero-order valence-corrected chi connectivity index (χ0v) is 24.0. The molecule has 6 atom stereocenters. The van der Waals surface area contributed by atoms with Gasteiger partial charge in [0.05, 0.1) is 44.5 Å². The van der Waals surface area contributed by atoms with E-state index >= 15 is 0 Å². The summed E-state index contributed by atoms with van der Waals surface area (Å²) in [5, 5.41) is 10.6. The van der Waals surface area contributed by atoms with Crippen molar-refractivity contribution in [2.24, 2.45) is 11.8 Å². The van der Waals surface area contributed by atoms with E-state index < -0.39 is 41.6 Å². The fraction of sp³-hybridized carbons (Fsp3) is 0.594. The Kier molecular flexibility index (Phi) is 8.76. The third-order valence-electron chi connectivity index (χ3n) is 9.33. The number of cyclic esters (lactones) is 1. The second-order valence-corrected chi connectivity index (χ2v) is 11.8. The number of likely N-dealkylation sites (tertiary alicyclic amines) is 1. The van der Waals surface area contributed by atoms with Crippen LogP contribution in [0.1, 0.15) is 24.8 Å². The van der Waals surface area contributed by atoms with E-state index in [0.29, 0.717) is 39.3 Å². The molecule has 1 unspecified atom stereocenters. The summed E-state index contributed by atoms with van der Waals surface area (Å²) in [5.41, 5.74) is -0.408. The molecule has 6 rings (SSSR count). The summed E-state index contributed by atoms with van der Waals surface area (Å²) in [6.07, 6.45) is 9.75. The zero-order chi connectivity index (χ0) is 29.1. The number of carbonyl (C=O) groups excluding carboxylic acids is 3. The number of fused-ring (bicyclic) bond motifs is 2. The minimum atomic E-state index is -1.35. The standard InChI is InChI=1S/C32H41N3O7/c36-22-24(21-23-9-4-3-5-10-23)35-28-30(38)34(15-14-33-16-19-40-20-17-33)13-8-12-32(28)27(29(35)37)26-25(42-32)11-6-1-2-7-18-41-31(26)39/h3-6,8-12,24-28,36H,1-2,7,13-22H2/b11-6-/t24-,25+,26-,27+,28?,32+/m1/s1. The predicted molar refractivity (Wildman–Crippen MR) is 153 cm³/mol. The lowest BCUT2D eigenvalue weighted by Crippen LogP contribution is -2.59. The topological polar surface area (TPSA) is 109 Å². The van der Waals surface area contributed by atoms with Crippen molar-refractivity contribution in [3.63, 3.8) is 0 Å². The first-order valence-corrected chi connectivity index (χ1v) is 15.3. The van der Waals surface area contributed by atoms with Crippen molar-refractivity contribution in [1.29, 1.82) is 0 Å². The molecule has 3 fully saturated rings. The van der Waals surface area contributed by atoms with Crippen molar-refractivity contribution in [2.45, 2.75) is 49.5 Å². The number of aliphatic hydroxyl groups excluding tert-OH is 1. The number of aliphatic hydroxyl groups is 1. The lowest BCUT2D eigenvalue weighted by atomic mass is 9.78. The van der Waals surface area contributed by atoms with E-state index in [-0.39, 0.29) is 25.0 Å². The van der Waals surface area contributed by atoms with Crippen LogP contribution < -0.4 is 0 Å². The fourth-order valence-corrected chi connectivity index (χ4v) is 7.22. The van der Waals surface area contributed by atoms with Crippen LogP contribution in [0.25, 0.3) is 0 Å². The maximum Gasteiger partial charge on any atom is 0.312 e. The molecule has 3 saturated heterocycles. The molecule has 226 valence electrons. The molecular weight excluding hydrogens is 538 g/mol. The first-order valence-electron chi connectivity index (χ1n) is 15.3. The van der Waals surface area contributed by atoms with Crippen LogP contribution in [0.15, 0.2) is 54.6 Å². The van der Waals surface area contributed by atoms with Crippen LogP contribution in [0.3, 0.4) is 0 Å². The van der Waals surface area contributed by atoms with Gasteiger partial charge in [0.25, 0.3) is 0 Å². The number of amides is 2. The highest BCUT2D eigenvalue weighted by atomic mass is 16.6. The molecule has 42 heavy (non-hydrogen) atoms. The molecule has 10 nitrogen and oxygen atoms in total. The normalized spacial score (nSPS) is 33.4. The first-order chi connectivity index (χ1) is 20.5. The van der Waals surface area contributed by atoms with Crippen LogP contribution >= 0.6 is 0 Å². The molecule has 5 heterocycles. The Morgan fingerprint density at radius 2 is 1.79 bits per heavy atom. The highest BCUT2D eigenvalue weighted by Gasteiger charge is 2.72. The Morgan fingerprint density at radius 3 is 2.57 bits per heavy atom. The Labute approximate surface area is 246 Å². The summed E-state index contributed by atoms with van der Waals surface area (Å²) in [5.74, 6) is -2.86. The van der Waals surface area contributed by atoms with Crippen molar-refractivity contribution >= 4 is 17.8 Å². The van der Waals surface area contributed by atoms with Crippen molar-refractivity contribution in [2.75, 3.05) is 59.2 Å². The monoisotopic (exact) mass is 579 g/mol. The number of hydrogen-bond donors (Lipinski definition) is 1. The van der Waals surface area contributed by atoms with E-state index in [9.17, 15) is 19.5 Å². The van der Waals surface area contributed by atoms with E-state index in [1.165, 1.54) is 4.90 Å². The second kappa shape index (κ2) is 12.7. The smallest absolute Gasteiger partial charge is 0.312 e. The maximum absolute atomic E-state index is 14.6. The van der Waals surface area contributed by atoms with Gasteiger partial charge < -0.3 is 29.1 Å². The first kappa shape index (κ1) is 29.0. The minimum absolute atomic E-state index is 0.225. The number of esters is 1. The summed E-state index contributed by atoms with van der Waals surface area (Å²) in [6, 6.07) is 7.94. The number of carbonyl (C=O) groups is 3. The molecule has 2 amide bonds. The third-order valence-corrected chi connectivity index (χ3v) is 9.33. The van der Waals surface area contributed by atoms with E-state index in [1.54, 1.807) is 4.90 Å². The van der Waals surface area contributed by atoms with E-state index in [4.69, 9.17) is 14.2 Å². The van der Waals surface area contributed by atoms with Crippen LogP contribution in [0.2, 0.25) is 0 Å². The molecular formula is C32H41N3O7. The van der Waals surface area contributed by atoms with Gasteiger partial charge >= 0.3 is 5.97 Å². The number of benzene rings is 1. The van der Waals surface area contributed by atoms with Gasteiger partial charge in [-0.3, -0.25) is 19.3 Å². The summed E-state index contributed by atoms with van der Waals surface area (Å²) >= 11 is 0. The predicted octanol–water partition coefficient (Wildman–Crippen LogP) is 1.18. The van der Waals surface area contributed by atoms with Gasteiger partial charge in [0, 0.05) is 32.7 Å². The summed E-state index contributed by atoms with van der Waals surface area (Å²) in [7, 11) is 0. The molecule has 5 aliphatic heterocycles. The largest absolute Gasteiger partial charge is 0.465 e. The maximum atomic E-state index is 14.6. The van der Waals surface area contributed by atoms with Crippen LogP contribution in [-0.2, 0) is 35.0 Å². The molecule has 0 aromatic heterocycles. The number of allylic oxidation sites excluding steroid dienone is 1. The van der Waals surface area contributed by atoms with Crippen molar-refractivity contribution < 1.29 is 33.7 Å². The molecule has 1 spiro atoms. The molecule has 0 bridgehead atoms. The Morgan fingerprint density at radius 1 is 0.976 bits per heavy atom. The number of ether oxygens (including phenoxy) is 3. The number of nitrogens with zero attached hydrogens (tertiary/aromatic N) is 3. The highest BCUT2D eigenvalue weighted by Crippen LogP contribution is 2.53. The molecule has 10 heteroatoms. The fourth-order valence-electron chi connectivity index (χ4n) is 7.22. The average Bonchev–Trinajstić information content (AvgIpc) is 3.41. The van der Waals surface area contributed by atoms with Crippen molar-refractivity contribution in [3.8, 4) is 0 Å². The SMILES string of the molecule is O=C1OCCCC/C=C\[C@@H]2O[C@]34C=CCN(CCN5CCOCC5)C(=O)C3N([C@@H](CO)Cc3ccccc3)C(=O)[C@@H]4[C@H]12. The van der Waals surface area contributed by atoms with Gasteiger partial charge in [-0.1, -0.05) is 54.6 Å². The van der Waals surface area contributed by atoms with Gasteiger partial charge in [0.2, 0.25) is 11.8 Å². The van der Waals surface area contributed by atoms with Gasteiger partial charge in [0.1, 0.15) is 17.6 Å². The molecule has 5 aliphatic rings. The van der Waals surface area contributed by atoms with E-state index in [2.05, 4.69) is 4.90 Å². The lowest BCUT2D eigenvalue weighted by Gasteiger charge is -2.39. The highest BCUT2D eigenvalue weighted by molar-refractivity contribution is 5.99. The summed E-state index contributed by atoms with van der Waals surface area (Å²) in [4.78, 5) is 48.2. The van der Waals surface area contributed by atoms with Crippen molar-refractivity contribution in [1.82, 2.24) is 14.7 Å². The number of hydrogen-bond acceptors (Lipinski definition) is 8. The summed E-state index contributed by atoms with van der Waals surface area (Å²) < 4.78 is 17.9. The van der Waals surface area contributed by atoms with Crippen LogP contribution in [0, 0.1) is 11.8 Å². The Hall–Kier alpha value is -3.05. The lowest BCUT2D eigenvalue weighted by molar-refractivity contribution is -0.156.